The van der Waals surface area contributed by atoms with E-state index in [2.05, 4.69) is 24.3 Å². The van der Waals surface area contributed by atoms with Crippen LogP contribution in [-0.4, -0.2) is 31.0 Å². The average Bonchev–Trinajstić information content (AvgIpc) is 2.72. The van der Waals surface area contributed by atoms with Gasteiger partial charge < -0.3 is 15.4 Å². The third-order valence-electron chi connectivity index (χ3n) is 5.01. The van der Waals surface area contributed by atoms with E-state index in [1.54, 1.807) is 13.2 Å². The number of hydrogen-bond donors (Lipinski definition) is 1. The zero-order valence-electron chi connectivity index (χ0n) is 15.2. The van der Waals surface area contributed by atoms with Crippen LogP contribution in [-0.2, 0) is 11.3 Å². The number of ether oxygens (including phenoxy) is 1. The van der Waals surface area contributed by atoms with Gasteiger partial charge in [0.1, 0.15) is 5.75 Å². The molecule has 0 spiro atoms. The van der Waals surface area contributed by atoms with Crippen LogP contribution < -0.4 is 10.5 Å². The lowest BCUT2D eigenvalue weighted by Gasteiger charge is -2.31. The van der Waals surface area contributed by atoms with E-state index in [0.717, 1.165) is 37.2 Å². The Morgan fingerprint density at radius 1 is 1.19 bits per heavy atom. The van der Waals surface area contributed by atoms with Crippen molar-refractivity contribution in [1.29, 1.82) is 0 Å². The number of amides is 1. The molecule has 3 rings (SSSR count). The van der Waals surface area contributed by atoms with Crippen LogP contribution >= 0.6 is 0 Å². The van der Waals surface area contributed by atoms with Gasteiger partial charge in [-0.15, -0.1) is 0 Å². The van der Waals surface area contributed by atoms with Gasteiger partial charge in [-0.05, 0) is 42.0 Å². The molecule has 1 heterocycles. The molecule has 1 amide bonds. The van der Waals surface area contributed by atoms with Crippen molar-refractivity contribution in [1.82, 2.24) is 4.90 Å². The molecular formula is C22H26N2O2. The molecule has 1 saturated heterocycles. The van der Waals surface area contributed by atoms with Gasteiger partial charge in [0.2, 0.25) is 5.91 Å². The van der Waals surface area contributed by atoms with E-state index in [1.165, 1.54) is 11.1 Å². The third kappa shape index (κ3) is 4.33. The van der Waals surface area contributed by atoms with Crippen LogP contribution in [0.1, 0.15) is 35.4 Å². The Kier molecular flexibility index (Phi) is 6.08. The number of methoxy groups -OCH3 is 1. The fraction of sp³-hybridized carbons (Fsp3) is 0.318. The fourth-order valence-corrected chi connectivity index (χ4v) is 3.48. The summed E-state index contributed by atoms with van der Waals surface area (Å²) in [6.07, 6.45) is 5.45. The first-order valence-electron chi connectivity index (χ1n) is 9.10. The molecule has 1 fully saturated rings. The van der Waals surface area contributed by atoms with Crippen molar-refractivity contribution in [2.45, 2.75) is 25.3 Å². The highest BCUT2D eigenvalue weighted by Gasteiger charge is 2.22. The smallest absolute Gasteiger partial charge is 0.246 e. The minimum Gasteiger partial charge on any atom is -0.496 e. The van der Waals surface area contributed by atoms with Crippen molar-refractivity contribution in [2.75, 3.05) is 20.2 Å². The summed E-state index contributed by atoms with van der Waals surface area (Å²) in [7, 11) is 1.64. The molecule has 0 atom stereocenters. The van der Waals surface area contributed by atoms with E-state index in [4.69, 9.17) is 10.5 Å². The Morgan fingerprint density at radius 3 is 2.69 bits per heavy atom. The van der Waals surface area contributed by atoms with Gasteiger partial charge in [-0.25, -0.2) is 0 Å². The SMILES string of the molecule is COc1ccccc1/C=C/C(=O)N1CCC(c2cccc(CN)c2)CC1. The molecule has 0 aliphatic carbocycles. The van der Waals surface area contributed by atoms with Crippen molar-refractivity contribution in [3.63, 3.8) is 0 Å². The second kappa shape index (κ2) is 8.68. The first kappa shape index (κ1) is 18.2. The van der Waals surface area contributed by atoms with Crippen molar-refractivity contribution in [2.24, 2.45) is 5.73 Å². The molecule has 0 bridgehead atoms. The highest BCUT2D eigenvalue weighted by molar-refractivity contribution is 5.92. The van der Waals surface area contributed by atoms with Gasteiger partial charge in [-0.3, -0.25) is 4.79 Å². The Morgan fingerprint density at radius 2 is 1.96 bits per heavy atom. The van der Waals surface area contributed by atoms with Gasteiger partial charge in [0, 0.05) is 31.3 Å². The Balaban J connectivity index is 1.59. The predicted molar refractivity (Wildman–Crippen MR) is 105 cm³/mol. The number of carbonyl (C=O) groups is 1. The second-order valence-electron chi connectivity index (χ2n) is 6.62. The van der Waals surface area contributed by atoms with E-state index in [-0.39, 0.29) is 5.91 Å². The second-order valence-corrected chi connectivity index (χ2v) is 6.62. The van der Waals surface area contributed by atoms with E-state index < -0.39 is 0 Å². The molecule has 0 saturated carbocycles. The minimum atomic E-state index is 0.0602. The Labute approximate surface area is 155 Å². The first-order chi connectivity index (χ1) is 12.7. The Bertz CT molecular complexity index is 777. The van der Waals surface area contributed by atoms with Crippen LogP contribution in [0.5, 0.6) is 5.75 Å². The van der Waals surface area contributed by atoms with Crippen LogP contribution in [0.2, 0.25) is 0 Å². The van der Waals surface area contributed by atoms with Crippen molar-refractivity contribution in [3.8, 4) is 5.75 Å². The summed E-state index contributed by atoms with van der Waals surface area (Å²) in [4.78, 5) is 14.4. The van der Waals surface area contributed by atoms with Crippen LogP contribution in [0.4, 0.5) is 0 Å². The number of hydrogen-bond acceptors (Lipinski definition) is 3. The minimum absolute atomic E-state index is 0.0602. The number of para-hydroxylation sites is 1. The summed E-state index contributed by atoms with van der Waals surface area (Å²) >= 11 is 0. The van der Waals surface area contributed by atoms with Crippen molar-refractivity contribution < 1.29 is 9.53 Å². The maximum Gasteiger partial charge on any atom is 0.246 e. The maximum absolute atomic E-state index is 12.5. The van der Waals surface area contributed by atoms with Crippen molar-refractivity contribution in [3.05, 3.63) is 71.3 Å². The van der Waals surface area contributed by atoms with Crippen LogP contribution in [0.3, 0.4) is 0 Å². The number of nitrogens with zero attached hydrogens (tertiary/aromatic N) is 1. The normalized spacial score (nSPS) is 15.4. The fourth-order valence-electron chi connectivity index (χ4n) is 3.48. The third-order valence-corrected chi connectivity index (χ3v) is 5.01. The number of rotatable bonds is 5. The largest absolute Gasteiger partial charge is 0.496 e. The standard InChI is InChI=1S/C22H26N2O2/c1-26-21-8-3-2-6-19(21)9-10-22(25)24-13-11-18(12-14-24)20-7-4-5-17(15-20)16-23/h2-10,15,18H,11-14,16,23H2,1H3/b10-9+. The molecule has 136 valence electrons. The summed E-state index contributed by atoms with van der Waals surface area (Å²) in [5, 5.41) is 0. The molecule has 4 nitrogen and oxygen atoms in total. The first-order valence-corrected chi connectivity index (χ1v) is 9.10. The topological polar surface area (TPSA) is 55.6 Å². The molecule has 0 radical (unpaired) electrons. The van der Waals surface area contributed by atoms with Gasteiger partial charge in [-0.2, -0.15) is 0 Å². The quantitative estimate of drug-likeness (QED) is 0.839. The number of carbonyl (C=O) groups excluding carboxylic acids is 1. The molecule has 26 heavy (non-hydrogen) atoms. The zero-order valence-corrected chi connectivity index (χ0v) is 15.2. The lowest BCUT2D eigenvalue weighted by molar-refractivity contribution is -0.126. The van der Waals surface area contributed by atoms with Gasteiger partial charge >= 0.3 is 0 Å². The summed E-state index contributed by atoms with van der Waals surface area (Å²) in [5.41, 5.74) is 9.16. The highest BCUT2D eigenvalue weighted by Crippen LogP contribution is 2.28. The summed E-state index contributed by atoms with van der Waals surface area (Å²) in [6.45, 7) is 2.14. The van der Waals surface area contributed by atoms with E-state index in [0.29, 0.717) is 12.5 Å². The lowest BCUT2D eigenvalue weighted by Crippen LogP contribution is -2.36. The molecule has 0 unspecified atom stereocenters. The van der Waals surface area contributed by atoms with Gasteiger partial charge in [0.05, 0.1) is 7.11 Å². The van der Waals surface area contributed by atoms with Crippen LogP contribution in [0.25, 0.3) is 6.08 Å². The number of benzene rings is 2. The van der Waals surface area contributed by atoms with Gasteiger partial charge in [0.15, 0.2) is 0 Å². The molecule has 1 aliphatic heterocycles. The number of nitrogens with two attached hydrogens (primary N) is 1. The van der Waals surface area contributed by atoms with Crippen LogP contribution in [0.15, 0.2) is 54.6 Å². The molecule has 2 N–H and O–H groups in total. The van der Waals surface area contributed by atoms with Crippen molar-refractivity contribution >= 4 is 12.0 Å². The molecule has 2 aromatic rings. The molecule has 0 aromatic heterocycles. The Hall–Kier alpha value is -2.59. The van der Waals surface area contributed by atoms with Gasteiger partial charge in [-0.1, -0.05) is 42.5 Å². The monoisotopic (exact) mass is 350 g/mol. The molecule has 1 aliphatic rings. The van der Waals surface area contributed by atoms with Crippen LogP contribution in [0, 0.1) is 0 Å². The number of likely N-dealkylation sites (tertiary alicyclic amines) is 1. The molecular weight excluding hydrogens is 324 g/mol. The summed E-state index contributed by atoms with van der Waals surface area (Å²) in [6, 6.07) is 16.2. The zero-order chi connectivity index (χ0) is 18.4. The molecule has 2 aromatic carbocycles. The summed E-state index contributed by atoms with van der Waals surface area (Å²) < 4.78 is 5.32. The van der Waals surface area contributed by atoms with E-state index >= 15 is 0 Å². The number of piperidine rings is 1. The maximum atomic E-state index is 12.5. The summed E-state index contributed by atoms with van der Waals surface area (Å²) in [5.74, 6) is 1.34. The van der Waals surface area contributed by atoms with Gasteiger partial charge in [0.25, 0.3) is 0 Å². The van der Waals surface area contributed by atoms with E-state index in [1.807, 2.05) is 35.2 Å². The lowest BCUT2D eigenvalue weighted by atomic mass is 9.88. The predicted octanol–water partition coefficient (Wildman–Crippen LogP) is 3.57. The molecule has 4 heteroatoms. The average molecular weight is 350 g/mol. The van der Waals surface area contributed by atoms with E-state index in [9.17, 15) is 4.79 Å². The highest BCUT2D eigenvalue weighted by atomic mass is 16.5.